The van der Waals surface area contributed by atoms with Gasteiger partial charge in [0.1, 0.15) is 51.3 Å². The second-order valence-corrected chi connectivity index (χ2v) is 18.2. The number of fused-ring (bicyclic) bond motifs is 5. The van der Waals surface area contributed by atoms with E-state index in [0.29, 0.717) is 35.4 Å². The fourth-order valence-electron chi connectivity index (χ4n) is 8.65. The molecule has 2 fully saturated rings. The first-order valence-corrected chi connectivity index (χ1v) is 22.0. The van der Waals surface area contributed by atoms with Gasteiger partial charge in [0.05, 0.1) is 37.9 Å². The highest BCUT2D eigenvalue weighted by molar-refractivity contribution is 14.1. The Morgan fingerprint density at radius 2 is 1.55 bits per heavy atom. The Bertz CT molecular complexity index is 2420. The normalized spacial score (nSPS) is 19.5. The molecule has 11 nitrogen and oxygen atoms in total. The molecule has 3 aliphatic heterocycles. The molecular weight excluding hydrogens is 908 g/mol. The molecule has 2 aromatic heterocycles. The number of halogens is 4. The maximum atomic E-state index is 17.7. The van der Waals surface area contributed by atoms with E-state index in [0.717, 1.165) is 17.5 Å². The van der Waals surface area contributed by atoms with Gasteiger partial charge in [0.2, 0.25) is 5.88 Å². The molecule has 3 aromatic carbocycles. The van der Waals surface area contributed by atoms with Gasteiger partial charge < -0.3 is 28.7 Å². The van der Waals surface area contributed by atoms with Crippen LogP contribution in [0, 0.1) is 27.9 Å². The summed E-state index contributed by atoms with van der Waals surface area (Å²) in [6, 6.07) is 13.6. The summed E-state index contributed by atoms with van der Waals surface area (Å²) in [5, 5.41) is 0.551. The van der Waals surface area contributed by atoms with Crippen molar-refractivity contribution in [3.8, 4) is 28.6 Å². The maximum Gasteiger partial charge on any atom is 0.410 e. The first kappa shape index (κ1) is 42.0. The van der Waals surface area contributed by atoms with Gasteiger partial charge in [-0.3, -0.25) is 4.90 Å². The van der Waals surface area contributed by atoms with Crippen molar-refractivity contribution in [1.82, 2.24) is 19.9 Å². The molecule has 16 heteroatoms. The topological polar surface area (TPSA) is 102 Å². The standard InChI is InChI=1S/C44H46F3IN6O5S/c1-22-32(45)39(52(19-24-9-14-27(56-6)15-10-24)20-25-11-16-28(57-7)17-12-25)33(46)30(35(22)48)36-34(47)37-31-40(51-42(50-37)60-8)53-21-26-13-18-29(38(53)23(2)58-41(31)49-36)54(26)43(55)59-44(3,4)5/h9-12,14-17,23,26,29,38H,13,18-21H2,1-8H3/t23-,26+,29-,38+/m0/s1. The summed E-state index contributed by atoms with van der Waals surface area (Å²) >= 11 is 3.11. The number of thioether (sulfide) groups is 1. The quantitative estimate of drug-likeness (QED) is 0.0802. The predicted molar refractivity (Wildman–Crippen MR) is 234 cm³/mol. The molecule has 0 saturated carbocycles. The number of nitrogens with zero attached hydrogens (tertiary/aromatic N) is 6. The van der Waals surface area contributed by atoms with E-state index < -0.39 is 41.3 Å². The number of methoxy groups -OCH3 is 2. The number of benzene rings is 3. The fourth-order valence-corrected chi connectivity index (χ4v) is 9.74. The maximum absolute atomic E-state index is 17.7. The summed E-state index contributed by atoms with van der Waals surface area (Å²) in [6.45, 7) is 9.57. The van der Waals surface area contributed by atoms with Crippen LogP contribution in [0.5, 0.6) is 17.4 Å². The molecule has 4 atom stereocenters. The number of rotatable bonds is 9. The van der Waals surface area contributed by atoms with E-state index in [1.54, 1.807) is 56.6 Å². The van der Waals surface area contributed by atoms with Crippen LogP contribution in [0.2, 0.25) is 0 Å². The monoisotopic (exact) mass is 954 g/mol. The number of hydrogen-bond acceptors (Lipinski definition) is 11. The number of carbonyl (C=O) groups is 1. The molecule has 8 rings (SSSR count). The number of anilines is 2. The Balaban J connectivity index is 1.28. The molecule has 0 spiro atoms. The zero-order valence-corrected chi connectivity index (χ0v) is 37.6. The molecule has 2 saturated heterocycles. The van der Waals surface area contributed by atoms with E-state index in [1.807, 2.05) is 79.5 Å². The molecule has 5 heterocycles. The first-order valence-electron chi connectivity index (χ1n) is 19.7. The lowest BCUT2D eigenvalue weighted by Crippen LogP contribution is -2.65. The molecule has 0 unspecified atom stereocenters. The van der Waals surface area contributed by atoms with Crippen molar-refractivity contribution >= 4 is 62.9 Å². The van der Waals surface area contributed by atoms with Crippen molar-refractivity contribution in [3.05, 3.63) is 86.2 Å². The third kappa shape index (κ3) is 7.51. The van der Waals surface area contributed by atoms with Crippen LogP contribution in [-0.2, 0) is 17.8 Å². The zero-order chi connectivity index (χ0) is 42.8. The first-order chi connectivity index (χ1) is 28.6. The van der Waals surface area contributed by atoms with Gasteiger partial charge in [-0.2, -0.15) is 0 Å². The second kappa shape index (κ2) is 16.3. The molecule has 0 aliphatic carbocycles. The van der Waals surface area contributed by atoms with Gasteiger partial charge >= 0.3 is 6.09 Å². The number of amides is 1. The van der Waals surface area contributed by atoms with Crippen LogP contribution in [0.3, 0.4) is 0 Å². The number of aromatic nitrogens is 3. The Labute approximate surface area is 365 Å². The molecule has 1 amide bonds. The van der Waals surface area contributed by atoms with E-state index in [2.05, 4.69) is 9.88 Å². The molecule has 3 aliphatic rings. The van der Waals surface area contributed by atoms with Crippen LogP contribution >= 0.6 is 34.4 Å². The van der Waals surface area contributed by atoms with Gasteiger partial charge in [-0.1, -0.05) is 36.0 Å². The zero-order valence-electron chi connectivity index (χ0n) is 34.6. The molecule has 0 radical (unpaired) electrons. The molecular formula is C44H46F3IN6O5S. The Hall–Kier alpha value is -4.71. The van der Waals surface area contributed by atoms with Crippen molar-refractivity contribution in [2.75, 3.05) is 36.8 Å². The van der Waals surface area contributed by atoms with Crippen LogP contribution in [0.25, 0.3) is 22.2 Å². The van der Waals surface area contributed by atoms with E-state index in [-0.39, 0.29) is 68.0 Å². The molecule has 2 bridgehead atoms. The Morgan fingerprint density at radius 1 is 0.933 bits per heavy atom. The van der Waals surface area contributed by atoms with Gasteiger partial charge in [-0.25, -0.2) is 32.9 Å². The largest absolute Gasteiger partial charge is 0.497 e. The molecule has 60 heavy (non-hydrogen) atoms. The molecule has 316 valence electrons. The van der Waals surface area contributed by atoms with Gasteiger partial charge in [0, 0.05) is 28.8 Å². The minimum absolute atomic E-state index is 0.0256. The second-order valence-electron chi connectivity index (χ2n) is 16.3. The van der Waals surface area contributed by atoms with Crippen LogP contribution in [-0.4, -0.2) is 82.8 Å². The van der Waals surface area contributed by atoms with E-state index in [4.69, 9.17) is 28.9 Å². The third-order valence-electron chi connectivity index (χ3n) is 11.4. The van der Waals surface area contributed by atoms with E-state index in [9.17, 15) is 4.79 Å². The summed E-state index contributed by atoms with van der Waals surface area (Å²) in [5.74, 6) is -0.904. The highest BCUT2D eigenvalue weighted by atomic mass is 127. The van der Waals surface area contributed by atoms with Crippen molar-refractivity contribution in [1.29, 1.82) is 0 Å². The van der Waals surface area contributed by atoms with Crippen molar-refractivity contribution < 1.29 is 36.9 Å². The predicted octanol–water partition coefficient (Wildman–Crippen LogP) is 9.71. The van der Waals surface area contributed by atoms with Crippen molar-refractivity contribution in [2.45, 2.75) is 95.5 Å². The van der Waals surface area contributed by atoms with Crippen LogP contribution in [0.15, 0.2) is 53.7 Å². The average Bonchev–Trinajstić information content (AvgIpc) is 3.47. The summed E-state index contributed by atoms with van der Waals surface area (Å²) < 4.78 is 75.3. The van der Waals surface area contributed by atoms with Gasteiger partial charge in [-0.15, -0.1) is 0 Å². The minimum atomic E-state index is -0.980. The highest BCUT2D eigenvalue weighted by Gasteiger charge is 2.54. The summed E-state index contributed by atoms with van der Waals surface area (Å²) in [4.78, 5) is 33.4. The fraction of sp³-hybridized carbons (Fsp3) is 0.409. The smallest absolute Gasteiger partial charge is 0.410 e. The summed E-state index contributed by atoms with van der Waals surface area (Å²) in [6.07, 6.45) is 2.28. The summed E-state index contributed by atoms with van der Waals surface area (Å²) in [5.41, 5.74) is -0.0293. The van der Waals surface area contributed by atoms with Crippen LogP contribution in [0.1, 0.15) is 57.2 Å². The highest BCUT2D eigenvalue weighted by Crippen LogP contribution is 2.48. The summed E-state index contributed by atoms with van der Waals surface area (Å²) in [7, 11) is 3.13. The lowest BCUT2D eigenvalue weighted by Gasteiger charge is -2.48. The Morgan fingerprint density at radius 3 is 2.12 bits per heavy atom. The number of carbonyl (C=O) groups excluding carboxylic acids is 1. The van der Waals surface area contributed by atoms with E-state index in [1.165, 1.54) is 11.8 Å². The number of pyridine rings is 1. The van der Waals surface area contributed by atoms with Crippen molar-refractivity contribution in [2.24, 2.45) is 0 Å². The number of piperazine rings is 1. The minimum Gasteiger partial charge on any atom is -0.497 e. The third-order valence-corrected chi connectivity index (χ3v) is 13.3. The van der Waals surface area contributed by atoms with Crippen LogP contribution < -0.4 is 24.0 Å². The molecule has 5 aromatic rings. The number of hydrogen-bond donors (Lipinski definition) is 0. The van der Waals surface area contributed by atoms with Crippen molar-refractivity contribution in [3.63, 3.8) is 0 Å². The van der Waals surface area contributed by atoms with E-state index >= 15 is 13.2 Å². The lowest BCUT2D eigenvalue weighted by molar-refractivity contribution is 0.000947. The average molecular weight is 955 g/mol. The number of ether oxygens (including phenoxy) is 4. The van der Waals surface area contributed by atoms with Gasteiger partial charge in [-0.05, 0) is 112 Å². The lowest BCUT2D eigenvalue weighted by atomic mass is 9.98. The van der Waals surface area contributed by atoms with Gasteiger partial charge in [0.15, 0.2) is 22.6 Å². The van der Waals surface area contributed by atoms with Crippen LogP contribution in [0.4, 0.5) is 29.5 Å². The molecule has 0 N–H and O–H groups in total. The Kier molecular flexibility index (Phi) is 11.4. The SMILES string of the molecule is COc1ccc(CN(Cc2ccc(OC)cc2)c2c(F)c(C)c(I)c(-c3nc4c5c(nc(SC)nc5c3F)N3C[C@H]5CC[C@@H]([C@H]3[C@H](C)O4)N5C(=O)OC(C)(C)C)c2F)cc1. The van der Waals surface area contributed by atoms with Gasteiger partial charge in [0.25, 0.3) is 0 Å².